The van der Waals surface area contributed by atoms with Crippen molar-refractivity contribution in [3.8, 4) is 5.75 Å². The molecule has 0 atom stereocenters. The Labute approximate surface area is 190 Å². The van der Waals surface area contributed by atoms with E-state index in [1.807, 2.05) is 64.1 Å². The Hall–Kier alpha value is -3.26. The maximum atomic E-state index is 12.8. The van der Waals surface area contributed by atoms with Crippen LogP contribution in [-0.2, 0) is 13.2 Å². The molecule has 0 N–H and O–H groups in total. The van der Waals surface area contributed by atoms with Gasteiger partial charge in [0, 0.05) is 17.0 Å². The molecule has 0 aliphatic heterocycles. The molecule has 0 radical (unpaired) electrons. The number of hydrogen-bond acceptors (Lipinski definition) is 7. The van der Waals surface area contributed by atoms with Gasteiger partial charge in [-0.25, -0.2) is 0 Å². The van der Waals surface area contributed by atoms with Crippen molar-refractivity contribution < 1.29 is 18.4 Å². The number of Topliss-reactive ketones (excluding diaryl/α,β-unsaturated/α-hetero) is 1. The van der Waals surface area contributed by atoms with E-state index in [4.69, 9.17) is 13.6 Å². The van der Waals surface area contributed by atoms with Gasteiger partial charge in [0.05, 0.1) is 18.6 Å². The molecular weight excluding hydrogens is 426 g/mol. The first-order valence-electron chi connectivity index (χ1n) is 10.3. The van der Waals surface area contributed by atoms with Gasteiger partial charge in [0.15, 0.2) is 12.4 Å². The van der Waals surface area contributed by atoms with E-state index in [2.05, 4.69) is 14.8 Å². The van der Waals surface area contributed by atoms with Gasteiger partial charge < -0.3 is 18.1 Å². The molecule has 32 heavy (non-hydrogen) atoms. The van der Waals surface area contributed by atoms with Gasteiger partial charge in [-0.2, -0.15) is 0 Å². The van der Waals surface area contributed by atoms with Crippen LogP contribution in [0.2, 0.25) is 0 Å². The minimum atomic E-state index is 0.0141. The summed E-state index contributed by atoms with van der Waals surface area (Å²) >= 11 is 1.23. The number of aryl methyl sites for hydroxylation is 3. The molecule has 0 spiro atoms. The number of thioether (sulfide) groups is 1. The summed E-state index contributed by atoms with van der Waals surface area (Å²) in [4.78, 5) is 12.8. The number of benzene rings is 1. The number of rotatable bonds is 9. The van der Waals surface area contributed by atoms with E-state index in [1.54, 1.807) is 6.26 Å². The average Bonchev–Trinajstić information content (AvgIpc) is 3.51. The normalized spacial score (nSPS) is 11.1. The lowest BCUT2D eigenvalue weighted by molar-refractivity contribution is 0.102. The third-order valence-electron chi connectivity index (χ3n) is 5.24. The van der Waals surface area contributed by atoms with Crippen LogP contribution in [0.25, 0.3) is 0 Å². The maximum Gasteiger partial charge on any atom is 0.277 e. The third-order valence-corrected chi connectivity index (χ3v) is 6.06. The summed E-state index contributed by atoms with van der Waals surface area (Å²) in [6.07, 6.45) is 1.65. The number of carbonyl (C=O) groups excluding carboxylic acids is 1. The van der Waals surface area contributed by atoms with Crippen molar-refractivity contribution in [2.24, 2.45) is 0 Å². The first-order valence-corrected chi connectivity index (χ1v) is 11.3. The quantitative estimate of drug-likeness (QED) is 0.252. The topological polar surface area (TPSA) is 83.3 Å². The average molecular weight is 452 g/mol. The van der Waals surface area contributed by atoms with Gasteiger partial charge in [0.1, 0.15) is 11.5 Å². The van der Waals surface area contributed by atoms with Gasteiger partial charge in [-0.3, -0.25) is 4.79 Å². The third kappa shape index (κ3) is 4.96. The van der Waals surface area contributed by atoms with Gasteiger partial charge >= 0.3 is 0 Å². The molecule has 0 saturated carbocycles. The van der Waals surface area contributed by atoms with Crippen LogP contribution in [0.5, 0.6) is 5.75 Å². The Morgan fingerprint density at radius 2 is 1.97 bits per heavy atom. The van der Waals surface area contributed by atoms with Crippen LogP contribution in [0.15, 0.2) is 56.7 Å². The zero-order chi connectivity index (χ0) is 22.7. The first kappa shape index (κ1) is 22.0. The van der Waals surface area contributed by atoms with E-state index in [0.717, 1.165) is 34.0 Å². The minimum absolute atomic E-state index is 0.0141. The Balaban J connectivity index is 1.35. The number of carbonyl (C=O) groups is 1. The fourth-order valence-corrected chi connectivity index (χ4v) is 4.11. The van der Waals surface area contributed by atoms with E-state index in [-0.39, 0.29) is 18.1 Å². The van der Waals surface area contributed by atoms with E-state index < -0.39 is 0 Å². The molecule has 1 aromatic carbocycles. The molecule has 0 amide bonds. The summed E-state index contributed by atoms with van der Waals surface area (Å²) in [6, 6.07) is 11.7. The standard InChI is InChI=1S/C24H25N3O4S/c1-15-7-8-16(2)22(10-15)30-13-23-25-26-24(31-23)32-14-21(28)20-11-17(3)27(18(20)4)12-19-6-5-9-29-19/h5-11H,12-14H2,1-4H3. The lowest BCUT2D eigenvalue weighted by atomic mass is 10.1. The zero-order valence-electron chi connectivity index (χ0n) is 18.5. The lowest BCUT2D eigenvalue weighted by Gasteiger charge is -2.07. The summed E-state index contributed by atoms with van der Waals surface area (Å²) in [5.41, 5.74) is 4.78. The number of nitrogens with zero attached hydrogens (tertiary/aromatic N) is 3. The van der Waals surface area contributed by atoms with Crippen molar-refractivity contribution in [3.05, 3.63) is 82.4 Å². The summed E-state index contributed by atoms with van der Waals surface area (Å²) < 4.78 is 19.0. The summed E-state index contributed by atoms with van der Waals surface area (Å²) in [5.74, 6) is 2.24. The highest BCUT2D eigenvalue weighted by Crippen LogP contribution is 2.24. The van der Waals surface area contributed by atoms with Crippen molar-refractivity contribution in [2.75, 3.05) is 5.75 Å². The van der Waals surface area contributed by atoms with Gasteiger partial charge in [-0.1, -0.05) is 23.9 Å². The Morgan fingerprint density at radius 3 is 2.75 bits per heavy atom. The van der Waals surface area contributed by atoms with Crippen molar-refractivity contribution in [1.29, 1.82) is 0 Å². The fourth-order valence-electron chi connectivity index (χ4n) is 3.45. The smallest absolute Gasteiger partial charge is 0.277 e. The molecule has 0 unspecified atom stereocenters. The molecule has 0 bridgehead atoms. The van der Waals surface area contributed by atoms with Crippen molar-refractivity contribution in [3.63, 3.8) is 0 Å². The van der Waals surface area contributed by atoms with Gasteiger partial charge in [-0.15, -0.1) is 10.2 Å². The second-order valence-electron chi connectivity index (χ2n) is 7.68. The van der Waals surface area contributed by atoms with E-state index >= 15 is 0 Å². The monoisotopic (exact) mass is 451 g/mol. The number of ketones is 1. The summed E-state index contributed by atoms with van der Waals surface area (Å²) in [5, 5.41) is 8.40. The van der Waals surface area contributed by atoms with Crippen LogP contribution in [0.3, 0.4) is 0 Å². The summed E-state index contributed by atoms with van der Waals surface area (Å²) in [6.45, 7) is 8.71. The van der Waals surface area contributed by atoms with Crippen LogP contribution in [0.4, 0.5) is 0 Å². The van der Waals surface area contributed by atoms with E-state index in [9.17, 15) is 4.79 Å². The van der Waals surface area contributed by atoms with Crippen molar-refractivity contribution in [2.45, 2.75) is 46.1 Å². The second-order valence-corrected chi connectivity index (χ2v) is 8.61. The molecule has 4 rings (SSSR count). The van der Waals surface area contributed by atoms with E-state index in [1.165, 1.54) is 11.8 Å². The predicted octanol–water partition coefficient (Wildman–Crippen LogP) is 5.30. The van der Waals surface area contributed by atoms with Gasteiger partial charge in [0.25, 0.3) is 11.1 Å². The fraction of sp³-hybridized carbons (Fsp3) is 0.292. The number of aromatic nitrogens is 3. The SMILES string of the molecule is Cc1ccc(C)c(OCc2nnc(SCC(=O)c3cc(C)n(Cc4ccco4)c3C)o2)c1. The highest BCUT2D eigenvalue weighted by atomic mass is 32.2. The van der Waals surface area contributed by atoms with Gasteiger partial charge in [0.2, 0.25) is 0 Å². The molecule has 8 heteroatoms. The second kappa shape index (κ2) is 9.48. The molecule has 166 valence electrons. The summed E-state index contributed by atoms with van der Waals surface area (Å²) in [7, 11) is 0. The molecule has 0 aliphatic rings. The molecule has 0 fully saturated rings. The lowest BCUT2D eigenvalue weighted by Crippen LogP contribution is -2.07. The Bertz CT molecular complexity index is 1220. The zero-order valence-corrected chi connectivity index (χ0v) is 19.4. The van der Waals surface area contributed by atoms with Crippen LogP contribution in [-0.4, -0.2) is 26.3 Å². The molecule has 0 aliphatic carbocycles. The first-order chi connectivity index (χ1) is 15.4. The van der Waals surface area contributed by atoms with Crippen LogP contribution < -0.4 is 4.74 Å². The molecule has 4 aromatic rings. The Morgan fingerprint density at radius 1 is 1.12 bits per heavy atom. The van der Waals surface area contributed by atoms with Crippen molar-refractivity contribution in [1.82, 2.24) is 14.8 Å². The van der Waals surface area contributed by atoms with E-state index in [0.29, 0.717) is 23.2 Å². The molecule has 3 heterocycles. The molecule has 7 nitrogen and oxygen atoms in total. The predicted molar refractivity (Wildman–Crippen MR) is 121 cm³/mol. The number of furan rings is 1. The molecule has 3 aromatic heterocycles. The highest BCUT2D eigenvalue weighted by molar-refractivity contribution is 7.99. The largest absolute Gasteiger partial charge is 0.484 e. The van der Waals surface area contributed by atoms with Gasteiger partial charge in [-0.05, 0) is 63.1 Å². The Kier molecular flexibility index (Phi) is 6.50. The maximum absolute atomic E-state index is 12.8. The number of ether oxygens (including phenoxy) is 1. The van der Waals surface area contributed by atoms with Crippen LogP contribution in [0.1, 0.15) is 44.5 Å². The van der Waals surface area contributed by atoms with Crippen LogP contribution >= 0.6 is 11.8 Å². The van der Waals surface area contributed by atoms with Crippen molar-refractivity contribution >= 4 is 17.5 Å². The molecule has 0 saturated heterocycles. The minimum Gasteiger partial charge on any atom is -0.484 e. The molecular formula is C24H25N3O4S. The van der Waals surface area contributed by atoms with Crippen LogP contribution in [0, 0.1) is 27.7 Å². The highest BCUT2D eigenvalue weighted by Gasteiger charge is 2.18. The number of hydrogen-bond donors (Lipinski definition) is 0.